The van der Waals surface area contributed by atoms with Crippen LogP contribution in [0.2, 0.25) is 0 Å². The van der Waals surface area contributed by atoms with Crippen LogP contribution in [-0.2, 0) is 6.42 Å². The third kappa shape index (κ3) is 3.67. The molecule has 0 radical (unpaired) electrons. The Balaban J connectivity index is 1.52. The van der Waals surface area contributed by atoms with E-state index in [1.807, 2.05) is 47.4 Å². The molecule has 0 atom stereocenters. The van der Waals surface area contributed by atoms with Crippen LogP contribution < -0.4 is 4.90 Å². The van der Waals surface area contributed by atoms with Gasteiger partial charge < -0.3 is 4.90 Å². The highest BCUT2D eigenvalue weighted by Crippen LogP contribution is 2.43. The third-order valence-electron chi connectivity index (χ3n) is 5.48. The van der Waals surface area contributed by atoms with Crippen LogP contribution in [0.25, 0.3) is 10.4 Å². The molecule has 3 heterocycles. The zero-order valence-corrected chi connectivity index (χ0v) is 18.1. The molecule has 6 heteroatoms. The zero-order valence-electron chi connectivity index (χ0n) is 15.7. The van der Waals surface area contributed by atoms with Gasteiger partial charge in [0.05, 0.1) is 10.6 Å². The van der Waals surface area contributed by atoms with Gasteiger partial charge in [0.1, 0.15) is 10.3 Å². The molecule has 1 fully saturated rings. The van der Waals surface area contributed by atoms with Gasteiger partial charge in [0.25, 0.3) is 5.91 Å². The summed E-state index contributed by atoms with van der Waals surface area (Å²) in [5, 5.41) is 0. The maximum atomic E-state index is 13.2. The molecule has 1 saturated carbocycles. The molecule has 4 nitrogen and oxygen atoms in total. The van der Waals surface area contributed by atoms with Crippen molar-refractivity contribution in [3.8, 4) is 10.4 Å². The van der Waals surface area contributed by atoms with E-state index in [2.05, 4.69) is 20.9 Å². The van der Waals surface area contributed by atoms with E-state index in [-0.39, 0.29) is 11.7 Å². The number of benzene rings is 1. The minimum atomic E-state index is -0.112. The lowest BCUT2D eigenvalue weighted by molar-refractivity contribution is 0.0972. The molecule has 5 rings (SSSR count). The number of thiophene rings is 1. The van der Waals surface area contributed by atoms with Crippen molar-refractivity contribution in [2.45, 2.75) is 25.7 Å². The predicted molar refractivity (Wildman–Crippen MR) is 119 cm³/mol. The number of halogens is 1. The Morgan fingerprint density at radius 2 is 1.97 bits per heavy atom. The highest BCUT2D eigenvalue weighted by molar-refractivity contribution is 9.10. The molecule has 3 aromatic rings. The predicted octanol–water partition coefficient (Wildman–Crippen LogP) is 5.76. The van der Waals surface area contributed by atoms with E-state index in [9.17, 15) is 9.59 Å². The number of Topliss-reactive ketones (excluding diaryl/α,β-unsaturated/α-hetero) is 1. The number of ketones is 1. The van der Waals surface area contributed by atoms with Gasteiger partial charge in [-0.2, -0.15) is 0 Å². The zero-order chi connectivity index (χ0) is 20.0. The minimum Gasteiger partial charge on any atom is -0.306 e. The maximum absolute atomic E-state index is 13.2. The fraction of sp³-hybridized carbons (Fsp3) is 0.261. The summed E-state index contributed by atoms with van der Waals surface area (Å²) in [6.45, 7) is 0.560. The number of nitrogens with zero attached hydrogens (tertiary/aromatic N) is 2. The Bertz CT molecular complexity index is 1120. The lowest BCUT2D eigenvalue weighted by atomic mass is 10.1. The molecule has 0 N–H and O–H groups in total. The number of carbonyl (C=O) groups excluding carboxylic acids is 2. The molecular formula is C23H19BrN2O2S. The van der Waals surface area contributed by atoms with Gasteiger partial charge in [0, 0.05) is 23.4 Å². The van der Waals surface area contributed by atoms with Crippen LogP contribution in [0.1, 0.15) is 45.0 Å². The molecule has 1 amide bonds. The van der Waals surface area contributed by atoms with Crippen molar-refractivity contribution in [2.75, 3.05) is 11.4 Å². The summed E-state index contributed by atoms with van der Waals surface area (Å²) in [4.78, 5) is 34.0. The number of hydrogen-bond acceptors (Lipinski definition) is 4. The number of fused-ring (bicyclic) bond motifs is 3. The molecule has 2 aliphatic rings. The van der Waals surface area contributed by atoms with Crippen LogP contribution in [0.15, 0.2) is 53.1 Å². The summed E-state index contributed by atoms with van der Waals surface area (Å²) < 4.78 is 0.643. The lowest BCUT2D eigenvalue weighted by Crippen LogP contribution is -2.33. The van der Waals surface area contributed by atoms with E-state index in [4.69, 9.17) is 0 Å². The van der Waals surface area contributed by atoms with Crippen molar-refractivity contribution in [2.24, 2.45) is 5.92 Å². The monoisotopic (exact) mass is 466 g/mol. The highest BCUT2D eigenvalue weighted by Gasteiger charge is 2.30. The number of amides is 1. The van der Waals surface area contributed by atoms with Gasteiger partial charge >= 0.3 is 0 Å². The molecule has 0 saturated heterocycles. The van der Waals surface area contributed by atoms with Crippen molar-refractivity contribution in [1.82, 2.24) is 4.98 Å². The highest BCUT2D eigenvalue weighted by atomic mass is 79.9. The van der Waals surface area contributed by atoms with Gasteiger partial charge in [0.2, 0.25) is 0 Å². The molecule has 146 valence electrons. The molecule has 1 aliphatic carbocycles. The Kier molecular flexibility index (Phi) is 4.84. The average molecular weight is 467 g/mol. The fourth-order valence-electron chi connectivity index (χ4n) is 3.79. The number of pyridine rings is 1. The molecule has 0 unspecified atom stereocenters. The number of para-hydroxylation sites is 1. The minimum absolute atomic E-state index is 0.112. The quantitative estimate of drug-likeness (QED) is 0.362. The van der Waals surface area contributed by atoms with Crippen LogP contribution >= 0.6 is 27.3 Å². The van der Waals surface area contributed by atoms with Crippen molar-refractivity contribution >= 4 is 44.6 Å². The largest absolute Gasteiger partial charge is 0.306 e. The van der Waals surface area contributed by atoms with E-state index < -0.39 is 0 Å². The van der Waals surface area contributed by atoms with E-state index in [0.29, 0.717) is 29.2 Å². The van der Waals surface area contributed by atoms with E-state index >= 15 is 0 Å². The van der Waals surface area contributed by atoms with Gasteiger partial charge in [-0.05, 0) is 70.9 Å². The summed E-state index contributed by atoms with van der Waals surface area (Å²) >= 11 is 4.92. The Labute approximate surface area is 181 Å². The van der Waals surface area contributed by atoms with E-state index in [1.54, 1.807) is 17.4 Å². The molecule has 29 heavy (non-hydrogen) atoms. The van der Waals surface area contributed by atoms with Crippen molar-refractivity contribution < 1.29 is 9.59 Å². The summed E-state index contributed by atoms with van der Waals surface area (Å²) in [7, 11) is 0. The summed E-state index contributed by atoms with van der Waals surface area (Å²) in [5.41, 5.74) is 3.46. The second-order valence-electron chi connectivity index (χ2n) is 7.61. The summed E-state index contributed by atoms with van der Waals surface area (Å²) in [6.07, 6.45) is 3.75. The topological polar surface area (TPSA) is 50.3 Å². The normalized spacial score (nSPS) is 15.4. The van der Waals surface area contributed by atoms with Crippen LogP contribution in [0.5, 0.6) is 0 Å². The van der Waals surface area contributed by atoms with Gasteiger partial charge in [-0.15, -0.1) is 11.3 Å². The van der Waals surface area contributed by atoms with Crippen molar-refractivity contribution in [1.29, 1.82) is 0 Å². The number of aromatic nitrogens is 1. The first-order valence-corrected chi connectivity index (χ1v) is 11.4. The number of carbonyl (C=O) groups is 2. The first-order valence-electron chi connectivity index (χ1n) is 9.80. The van der Waals surface area contributed by atoms with E-state index in [1.165, 1.54) is 12.8 Å². The van der Waals surface area contributed by atoms with Crippen LogP contribution in [0, 0.1) is 5.92 Å². The molecule has 1 aliphatic heterocycles. The third-order valence-corrected chi connectivity index (χ3v) is 7.17. The first-order chi connectivity index (χ1) is 14.1. The number of anilines is 1. The standard InChI is InChI=1S/C23H19BrN2O2S/c24-21-7-3-5-17(25-21)23(28)26-11-10-15-13-20(19(27)12-14-8-9-14)29-22(15)16-4-1-2-6-18(16)26/h1-7,13-14H,8-12H2. The second kappa shape index (κ2) is 7.50. The Morgan fingerprint density at radius 1 is 1.14 bits per heavy atom. The SMILES string of the molecule is O=C(CC1CC1)c1cc2c(s1)-c1ccccc1N(C(=O)c1cccc(Br)n1)CC2. The number of rotatable bonds is 4. The fourth-order valence-corrected chi connectivity index (χ4v) is 5.33. The smallest absolute Gasteiger partial charge is 0.276 e. The van der Waals surface area contributed by atoms with Gasteiger partial charge in [-0.1, -0.05) is 24.3 Å². The maximum Gasteiger partial charge on any atom is 0.276 e. The number of hydrogen-bond donors (Lipinski definition) is 0. The van der Waals surface area contributed by atoms with Gasteiger partial charge in [-0.3, -0.25) is 9.59 Å². The van der Waals surface area contributed by atoms with Crippen LogP contribution in [0.4, 0.5) is 5.69 Å². The van der Waals surface area contributed by atoms with Crippen molar-refractivity contribution in [3.63, 3.8) is 0 Å². The average Bonchev–Trinajstić information content (AvgIpc) is 3.47. The van der Waals surface area contributed by atoms with E-state index in [0.717, 1.165) is 33.0 Å². The summed E-state index contributed by atoms with van der Waals surface area (Å²) in [5.74, 6) is 0.732. The molecule has 0 bridgehead atoms. The summed E-state index contributed by atoms with van der Waals surface area (Å²) in [6, 6.07) is 15.4. The lowest BCUT2D eigenvalue weighted by Gasteiger charge is -2.22. The Morgan fingerprint density at radius 3 is 2.76 bits per heavy atom. The van der Waals surface area contributed by atoms with Crippen LogP contribution in [0.3, 0.4) is 0 Å². The van der Waals surface area contributed by atoms with Gasteiger partial charge in [0.15, 0.2) is 5.78 Å². The first kappa shape index (κ1) is 18.7. The molecule has 1 aromatic carbocycles. The second-order valence-corrected chi connectivity index (χ2v) is 9.47. The molecule has 2 aromatic heterocycles. The Hall–Kier alpha value is -2.31. The molecular weight excluding hydrogens is 448 g/mol. The van der Waals surface area contributed by atoms with Crippen molar-refractivity contribution in [3.05, 3.63) is 69.3 Å². The van der Waals surface area contributed by atoms with Gasteiger partial charge in [-0.25, -0.2) is 4.98 Å². The van der Waals surface area contributed by atoms with Crippen LogP contribution in [-0.4, -0.2) is 23.2 Å². The molecule has 0 spiro atoms.